The summed E-state index contributed by atoms with van der Waals surface area (Å²) in [7, 11) is 0. The van der Waals surface area contributed by atoms with Crippen LogP contribution in [0, 0.1) is 0 Å². The Morgan fingerprint density at radius 3 is 2.84 bits per heavy atom. The topological polar surface area (TPSA) is 29.6 Å². The Morgan fingerprint density at radius 2 is 2.16 bits per heavy atom. The van der Waals surface area contributed by atoms with Crippen molar-refractivity contribution in [2.45, 2.75) is 51.1 Å². The van der Waals surface area contributed by atoms with Gasteiger partial charge >= 0.3 is 0 Å². The first kappa shape index (κ1) is 12.4. The van der Waals surface area contributed by atoms with Crippen molar-refractivity contribution in [3.63, 3.8) is 0 Å². The zero-order valence-electron chi connectivity index (χ0n) is 11.6. The largest absolute Gasteiger partial charge is 0.317 e. The molecule has 1 aliphatic carbocycles. The second kappa shape index (κ2) is 4.80. The fourth-order valence-electron chi connectivity index (χ4n) is 3.53. The molecule has 0 atom stereocenters. The van der Waals surface area contributed by atoms with E-state index in [0.29, 0.717) is 0 Å². The summed E-state index contributed by atoms with van der Waals surface area (Å²) in [6.45, 7) is 6.59. The Hall–Kier alpha value is -1.64. The van der Waals surface area contributed by atoms with Crippen LogP contribution in [0.1, 0.15) is 50.3 Å². The van der Waals surface area contributed by atoms with E-state index in [1.807, 2.05) is 6.92 Å². The highest BCUT2D eigenvalue weighted by Gasteiger charge is 2.37. The third kappa shape index (κ3) is 1.88. The molecule has 1 aliphatic heterocycles. The molecule has 19 heavy (non-hydrogen) atoms. The van der Waals surface area contributed by atoms with Gasteiger partial charge in [-0.05, 0) is 32.5 Å². The third-order valence-electron chi connectivity index (χ3n) is 4.32. The molecule has 1 fully saturated rings. The van der Waals surface area contributed by atoms with Crippen molar-refractivity contribution in [2.24, 2.45) is 9.98 Å². The number of rotatable bonds is 2. The van der Waals surface area contributed by atoms with E-state index >= 15 is 0 Å². The van der Waals surface area contributed by atoms with Crippen molar-refractivity contribution >= 4 is 24.8 Å². The second-order valence-corrected chi connectivity index (χ2v) is 5.54. The standard InChI is InChI=1S/C16H21N3/c1-3-7-13-10-14-11-18-12-16(8-5-4-6-9-16)19(14)15(13)17-2/h3,7,10,12H,2,4-6,8-9,11H2,1H3. The van der Waals surface area contributed by atoms with Gasteiger partial charge in [-0.1, -0.05) is 31.4 Å². The SMILES string of the molecule is C=Nc1c(C=CC)cc2n1C1(C=NC2)CCCCC1. The summed E-state index contributed by atoms with van der Waals surface area (Å²) < 4.78 is 2.40. The third-order valence-corrected chi connectivity index (χ3v) is 4.32. The van der Waals surface area contributed by atoms with Crippen LogP contribution in [0.25, 0.3) is 6.08 Å². The van der Waals surface area contributed by atoms with Crippen LogP contribution < -0.4 is 0 Å². The number of hydrogen-bond donors (Lipinski definition) is 0. The van der Waals surface area contributed by atoms with Crippen molar-refractivity contribution in [3.05, 3.63) is 23.4 Å². The molecular formula is C16H21N3. The van der Waals surface area contributed by atoms with Crippen LogP contribution in [0.15, 0.2) is 22.1 Å². The molecule has 0 saturated heterocycles. The number of aromatic nitrogens is 1. The molecule has 2 heterocycles. The molecule has 2 aliphatic rings. The maximum absolute atomic E-state index is 4.61. The van der Waals surface area contributed by atoms with Gasteiger partial charge in [-0.15, -0.1) is 0 Å². The van der Waals surface area contributed by atoms with Crippen LogP contribution in [0.3, 0.4) is 0 Å². The monoisotopic (exact) mass is 255 g/mol. The lowest BCUT2D eigenvalue weighted by Crippen LogP contribution is -2.40. The van der Waals surface area contributed by atoms with Gasteiger partial charge in [0.15, 0.2) is 0 Å². The lowest BCUT2D eigenvalue weighted by molar-refractivity contribution is 0.279. The van der Waals surface area contributed by atoms with Crippen molar-refractivity contribution in [1.82, 2.24) is 4.57 Å². The maximum atomic E-state index is 4.61. The fourth-order valence-corrected chi connectivity index (χ4v) is 3.53. The molecule has 0 radical (unpaired) electrons. The zero-order valence-corrected chi connectivity index (χ0v) is 11.6. The summed E-state index contributed by atoms with van der Waals surface area (Å²) in [6, 6.07) is 2.22. The Kier molecular flexibility index (Phi) is 3.13. The van der Waals surface area contributed by atoms with Gasteiger partial charge in [0.2, 0.25) is 0 Å². The number of aliphatic imine (C=N–C) groups is 2. The molecule has 100 valence electrons. The van der Waals surface area contributed by atoms with Gasteiger partial charge in [-0.3, -0.25) is 4.99 Å². The van der Waals surface area contributed by atoms with E-state index in [1.165, 1.54) is 43.4 Å². The molecule has 1 saturated carbocycles. The molecule has 0 N–H and O–H groups in total. The smallest absolute Gasteiger partial charge is 0.140 e. The molecule has 0 amide bonds. The molecular weight excluding hydrogens is 234 g/mol. The minimum Gasteiger partial charge on any atom is -0.317 e. The summed E-state index contributed by atoms with van der Waals surface area (Å²) in [6.07, 6.45) is 12.6. The summed E-state index contributed by atoms with van der Waals surface area (Å²) in [5, 5.41) is 0. The lowest BCUT2D eigenvalue weighted by atomic mass is 9.81. The predicted octanol–water partition coefficient (Wildman–Crippen LogP) is 4.10. The van der Waals surface area contributed by atoms with Gasteiger partial charge in [-0.2, -0.15) is 0 Å². The highest BCUT2D eigenvalue weighted by atomic mass is 15.2. The first-order valence-electron chi connectivity index (χ1n) is 7.16. The Morgan fingerprint density at radius 1 is 1.37 bits per heavy atom. The molecule has 3 rings (SSSR count). The Bertz CT molecular complexity index is 543. The molecule has 3 nitrogen and oxygen atoms in total. The van der Waals surface area contributed by atoms with E-state index in [4.69, 9.17) is 0 Å². The first-order valence-corrected chi connectivity index (χ1v) is 7.16. The second-order valence-electron chi connectivity index (χ2n) is 5.54. The van der Waals surface area contributed by atoms with Crippen LogP contribution in [0.5, 0.6) is 0 Å². The minimum atomic E-state index is 0.0577. The van der Waals surface area contributed by atoms with Gasteiger partial charge in [0, 0.05) is 17.5 Å². The summed E-state index contributed by atoms with van der Waals surface area (Å²) >= 11 is 0. The summed E-state index contributed by atoms with van der Waals surface area (Å²) in [5.41, 5.74) is 2.50. The minimum absolute atomic E-state index is 0.0577. The molecule has 1 spiro atoms. The van der Waals surface area contributed by atoms with Gasteiger partial charge < -0.3 is 4.57 Å². The quantitative estimate of drug-likeness (QED) is 0.712. The summed E-state index contributed by atoms with van der Waals surface area (Å²) in [5.74, 6) is 1.01. The molecule has 0 aromatic carbocycles. The average Bonchev–Trinajstić information content (AvgIpc) is 2.79. The van der Waals surface area contributed by atoms with Crippen LogP contribution in [0.4, 0.5) is 5.82 Å². The Labute approximate surface area is 114 Å². The first-order chi connectivity index (χ1) is 9.30. The maximum Gasteiger partial charge on any atom is 0.140 e. The predicted molar refractivity (Wildman–Crippen MR) is 81.6 cm³/mol. The van der Waals surface area contributed by atoms with Gasteiger partial charge in [0.1, 0.15) is 5.82 Å². The Balaban J connectivity index is 2.16. The highest BCUT2D eigenvalue weighted by molar-refractivity contribution is 5.75. The van der Waals surface area contributed by atoms with Crippen LogP contribution in [-0.2, 0) is 12.1 Å². The van der Waals surface area contributed by atoms with Gasteiger partial charge in [-0.25, -0.2) is 4.99 Å². The average molecular weight is 255 g/mol. The van der Waals surface area contributed by atoms with E-state index in [0.717, 1.165) is 12.4 Å². The molecule has 3 heteroatoms. The molecule has 1 aromatic rings. The van der Waals surface area contributed by atoms with E-state index < -0.39 is 0 Å². The van der Waals surface area contributed by atoms with Crippen LogP contribution in [0.2, 0.25) is 0 Å². The van der Waals surface area contributed by atoms with E-state index in [9.17, 15) is 0 Å². The number of allylic oxidation sites excluding steroid dienone is 1. The van der Waals surface area contributed by atoms with Crippen molar-refractivity contribution in [3.8, 4) is 0 Å². The van der Waals surface area contributed by atoms with Gasteiger partial charge in [0.25, 0.3) is 0 Å². The number of fused-ring (bicyclic) bond motifs is 2. The fraction of sp³-hybridized carbons (Fsp3) is 0.500. The lowest BCUT2D eigenvalue weighted by Gasteiger charge is -2.39. The zero-order chi connectivity index (χ0) is 13.3. The molecule has 1 aromatic heterocycles. The molecule has 0 bridgehead atoms. The van der Waals surface area contributed by atoms with Crippen LogP contribution >= 0.6 is 0 Å². The highest BCUT2D eigenvalue weighted by Crippen LogP contribution is 2.42. The van der Waals surface area contributed by atoms with Crippen molar-refractivity contribution < 1.29 is 0 Å². The van der Waals surface area contributed by atoms with Crippen molar-refractivity contribution in [1.29, 1.82) is 0 Å². The van der Waals surface area contributed by atoms with E-state index in [1.54, 1.807) is 0 Å². The van der Waals surface area contributed by atoms with E-state index in [-0.39, 0.29) is 5.54 Å². The normalized spacial score (nSPS) is 20.9. The number of hydrogen-bond acceptors (Lipinski definition) is 2. The summed E-state index contributed by atoms with van der Waals surface area (Å²) in [4.78, 5) is 8.92. The van der Waals surface area contributed by atoms with Gasteiger partial charge in [0.05, 0.1) is 12.1 Å². The van der Waals surface area contributed by atoms with E-state index in [2.05, 4.69) is 45.7 Å². The molecule has 0 unspecified atom stereocenters. The van der Waals surface area contributed by atoms with Crippen LogP contribution in [-0.4, -0.2) is 17.5 Å². The van der Waals surface area contributed by atoms with Crippen molar-refractivity contribution in [2.75, 3.05) is 0 Å². The number of nitrogens with zero attached hydrogens (tertiary/aromatic N) is 3.